The van der Waals surface area contributed by atoms with Crippen LogP contribution in [-0.2, 0) is 15.8 Å². The molecule has 1 aromatic heterocycles. The fourth-order valence-electron chi connectivity index (χ4n) is 3.34. The van der Waals surface area contributed by atoms with E-state index in [0.29, 0.717) is 17.9 Å². The summed E-state index contributed by atoms with van der Waals surface area (Å²) in [5.41, 5.74) is 1.84. The van der Waals surface area contributed by atoms with Crippen LogP contribution in [0.3, 0.4) is 0 Å². The van der Waals surface area contributed by atoms with Crippen molar-refractivity contribution in [3.63, 3.8) is 0 Å². The van der Waals surface area contributed by atoms with Crippen LogP contribution in [-0.4, -0.2) is 65.1 Å². The number of rotatable bonds is 8. The average Bonchev–Trinajstić information content (AvgIpc) is 3.18. The second kappa shape index (κ2) is 9.16. The Labute approximate surface area is 165 Å². The van der Waals surface area contributed by atoms with E-state index >= 15 is 0 Å². The maximum atomic E-state index is 12.7. The molecule has 1 aliphatic heterocycles. The van der Waals surface area contributed by atoms with Gasteiger partial charge in [-0.25, -0.2) is 13.1 Å². The predicted octanol–water partition coefficient (Wildman–Crippen LogP) is 2.16. The van der Waals surface area contributed by atoms with Gasteiger partial charge in [0.25, 0.3) is 0 Å². The maximum absolute atomic E-state index is 12.7. The van der Waals surface area contributed by atoms with E-state index in [1.54, 1.807) is 30.6 Å². The number of piperazine rings is 1. The van der Waals surface area contributed by atoms with Gasteiger partial charge in [0.15, 0.2) is 0 Å². The molecular formula is C19H27N3O3S2. The highest BCUT2D eigenvalue weighted by molar-refractivity contribution is 7.88. The van der Waals surface area contributed by atoms with E-state index in [-0.39, 0.29) is 11.8 Å². The van der Waals surface area contributed by atoms with Crippen LogP contribution < -0.4 is 9.46 Å². The molecule has 2 heterocycles. The van der Waals surface area contributed by atoms with E-state index in [1.807, 2.05) is 17.5 Å². The summed E-state index contributed by atoms with van der Waals surface area (Å²) in [5, 5.41) is 4.15. The molecule has 27 heavy (non-hydrogen) atoms. The van der Waals surface area contributed by atoms with Crippen LogP contribution >= 0.6 is 11.3 Å². The van der Waals surface area contributed by atoms with Gasteiger partial charge in [-0.15, -0.1) is 0 Å². The summed E-state index contributed by atoms with van der Waals surface area (Å²) in [5.74, 6) is 0.507. The van der Waals surface area contributed by atoms with Gasteiger partial charge in [0.1, 0.15) is 5.75 Å². The van der Waals surface area contributed by atoms with Gasteiger partial charge in [-0.2, -0.15) is 11.3 Å². The monoisotopic (exact) mass is 409 g/mol. The molecule has 1 aliphatic rings. The van der Waals surface area contributed by atoms with Crippen LogP contribution in [0.25, 0.3) is 0 Å². The number of nitrogens with zero attached hydrogens (tertiary/aromatic N) is 2. The first-order valence-electron chi connectivity index (χ1n) is 9.02. The van der Waals surface area contributed by atoms with Crippen molar-refractivity contribution in [3.8, 4) is 5.75 Å². The average molecular weight is 410 g/mol. The Hall–Kier alpha value is -1.45. The van der Waals surface area contributed by atoms with Crippen molar-refractivity contribution >= 4 is 21.4 Å². The molecule has 0 aliphatic carbocycles. The van der Waals surface area contributed by atoms with Gasteiger partial charge < -0.3 is 9.64 Å². The van der Waals surface area contributed by atoms with Crippen molar-refractivity contribution in [1.82, 2.24) is 14.5 Å². The van der Waals surface area contributed by atoms with E-state index in [1.165, 1.54) is 5.56 Å². The fraction of sp³-hybridized carbons (Fsp3) is 0.474. The van der Waals surface area contributed by atoms with Crippen LogP contribution in [0.2, 0.25) is 0 Å². The third-order valence-corrected chi connectivity index (χ3v) is 6.94. The minimum atomic E-state index is -3.47. The predicted molar refractivity (Wildman–Crippen MR) is 110 cm³/mol. The van der Waals surface area contributed by atoms with Gasteiger partial charge in [-0.05, 0) is 35.5 Å². The topological polar surface area (TPSA) is 61.9 Å². The van der Waals surface area contributed by atoms with Gasteiger partial charge in [-0.1, -0.05) is 18.2 Å². The summed E-state index contributed by atoms with van der Waals surface area (Å²) in [6, 6.07) is 9.37. The highest BCUT2D eigenvalue weighted by Gasteiger charge is 2.26. The molecule has 1 aromatic carbocycles. The number of methoxy groups -OCH3 is 1. The number of hydrogen-bond acceptors (Lipinski definition) is 6. The molecule has 8 heteroatoms. The zero-order valence-electron chi connectivity index (χ0n) is 15.8. The van der Waals surface area contributed by atoms with Gasteiger partial charge in [-0.3, -0.25) is 4.90 Å². The SMILES string of the molecule is COc1ccccc1CS(=O)(=O)NCC(c1ccsc1)N1CCN(C)CC1. The van der Waals surface area contributed by atoms with Crippen molar-refractivity contribution in [2.45, 2.75) is 11.8 Å². The summed E-state index contributed by atoms with van der Waals surface area (Å²) in [7, 11) is 0.206. The molecule has 1 N–H and O–H groups in total. The number of sulfonamides is 1. The number of benzene rings is 1. The summed E-state index contributed by atoms with van der Waals surface area (Å²) >= 11 is 1.64. The van der Waals surface area contributed by atoms with Crippen molar-refractivity contribution in [1.29, 1.82) is 0 Å². The Morgan fingerprint density at radius 1 is 1.19 bits per heavy atom. The lowest BCUT2D eigenvalue weighted by atomic mass is 10.1. The molecule has 148 valence electrons. The standard InChI is InChI=1S/C19H27N3O3S2/c1-21-8-10-22(11-9-21)18(16-7-12-26-14-16)13-20-27(23,24)15-17-5-3-4-6-19(17)25-2/h3-7,12,14,18,20H,8-11,13,15H2,1-2H3. The van der Waals surface area contributed by atoms with E-state index in [0.717, 1.165) is 26.2 Å². The lowest BCUT2D eigenvalue weighted by Gasteiger charge is -2.38. The van der Waals surface area contributed by atoms with Gasteiger partial charge in [0.05, 0.1) is 12.9 Å². The van der Waals surface area contributed by atoms with Crippen LogP contribution in [0.15, 0.2) is 41.1 Å². The lowest BCUT2D eigenvalue weighted by Crippen LogP contribution is -2.48. The zero-order valence-corrected chi connectivity index (χ0v) is 17.4. The zero-order chi connectivity index (χ0) is 19.3. The highest BCUT2D eigenvalue weighted by Crippen LogP contribution is 2.25. The summed E-state index contributed by atoms with van der Waals surface area (Å²) in [4.78, 5) is 4.67. The number of para-hydroxylation sites is 1. The fourth-order valence-corrected chi connectivity index (χ4v) is 5.21. The molecule has 0 bridgehead atoms. The minimum Gasteiger partial charge on any atom is -0.496 e. The number of ether oxygens (including phenoxy) is 1. The molecular weight excluding hydrogens is 382 g/mol. The third kappa shape index (κ3) is 5.52. The van der Waals surface area contributed by atoms with E-state index in [9.17, 15) is 8.42 Å². The second-order valence-electron chi connectivity index (χ2n) is 6.83. The molecule has 0 saturated carbocycles. The quantitative estimate of drug-likeness (QED) is 0.724. The molecule has 1 saturated heterocycles. The van der Waals surface area contributed by atoms with Crippen molar-refractivity contribution in [3.05, 3.63) is 52.2 Å². The summed E-state index contributed by atoms with van der Waals surface area (Å²) in [6.45, 7) is 4.23. The van der Waals surface area contributed by atoms with E-state index in [4.69, 9.17) is 4.74 Å². The van der Waals surface area contributed by atoms with Crippen LogP contribution in [0.5, 0.6) is 5.75 Å². The van der Waals surface area contributed by atoms with Crippen LogP contribution in [0.4, 0.5) is 0 Å². The van der Waals surface area contributed by atoms with Crippen molar-refractivity contribution < 1.29 is 13.2 Å². The van der Waals surface area contributed by atoms with Crippen LogP contribution in [0.1, 0.15) is 17.2 Å². The number of thiophene rings is 1. The Morgan fingerprint density at radius 2 is 1.93 bits per heavy atom. The Balaban J connectivity index is 1.69. The Morgan fingerprint density at radius 3 is 2.59 bits per heavy atom. The van der Waals surface area contributed by atoms with Crippen LogP contribution in [0, 0.1) is 0 Å². The number of likely N-dealkylation sites (N-methyl/N-ethyl adjacent to an activating group) is 1. The molecule has 0 spiro atoms. The lowest BCUT2D eigenvalue weighted by molar-refractivity contribution is 0.113. The van der Waals surface area contributed by atoms with Gasteiger partial charge in [0, 0.05) is 44.3 Å². The minimum absolute atomic E-state index is 0.0531. The van der Waals surface area contributed by atoms with Crippen molar-refractivity contribution in [2.75, 3.05) is 46.9 Å². The summed E-state index contributed by atoms with van der Waals surface area (Å²) in [6.07, 6.45) is 0. The third-order valence-electron chi connectivity index (χ3n) is 4.94. The Bertz CT molecular complexity index is 816. The molecule has 0 amide bonds. The first kappa shape index (κ1) is 20.3. The smallest absolute Gasteiger partial charge is 0.215 e. The normalized spacial score (nSPS) is 17.7. The highest BCUT2D eigenvalue weighted by atomic mass is 32.2. The number of nitrogens with one attached hydrogen (secondary N) is 1. The Kier molecular flexibility index (Phi) is 6.88. The molecule has 6 nitrogen and oxygen atoms in total. The molecule has 1 unspecified atom stereocenters. The van der Waals surface area contributed by atoms with E-state index in [2.05, 4.69) is 33.0 Å². The molecule has 0 radical (unpaired) electrons. The van der Waals surface area contributed by atoms with Gasteiger partial charge in [0.2, 0.25) is 10.0 Å². The largest absolute Gasteiger partial charge is 0.496 e. The number of hydrogen-bond donors (Lipinski definition) is 1. The molecule has 1 fully saturated rings. The van der Waals surface area contributed by atoms with E-state index < -0.39 is 10.0 Å². The first-order chi connectivity index (χ1) is 13.0. The first-order valence-corrected chi connectivity index (χ1v) is 11.6. The summed E-state index contributed by atoms with van der Waals surface area (Å²) < 4.78 is 33.5. The van der Waals surface area contributed by atoms with Crippen molar-refractivity contribution in [2.24, 2.45) is 0 Å². The maximum Gasteiger partial charge on any atom is 0.215 e. The van der Waals surface area contributed by atoms with Gasteiger partial charge >= 0.3 is 0 Å². The molecule has 2 aromatic rings. The molecule has 3 rings (SSSR count). The second-order valence-corrected chi connectivity index (χ2v) is 9.42. The molecule has 1 atom stereocenters.